The van der Waals surface area contributed by atoms with Gasteiger partial charge in [-0.2, -0.15) is 0 Å². The third-order valence-corrected chi connectivity index (χ3v) is 5.46. The van der Waals surface area contributed by atoms with Crippen LogP contribution in [0.1, 0.15) is 25.7 Å². The Morgan fingerprint density at radius 1 is 1.18 bits per heavy atom. The summed E-state index contributed by atoms with van der Waals surface area (Å²) >= 11 is 1.83. The molecule has 5 heteroatoms. The van der Waals surface area contributed by atoms with Crippen molar-refractivity contribution in [2.75, 3.05) is 48.7 Å². The summed E-state index contributed by atoms with van der Waals surface area (Å²) in [6.45, 7) is 5.52. The molecule has 22 heavy (non-hydrogen) atoms. The molecule has 0 atom stereocenters. The molecule has 0 spiro atoms. The van der Waals surface area contributed by atoms with E-state index in [0.717, 1.165) is 36.6 Å². The van der Waals surface area contributed by atoms with Gasteiger partial charge in [0.1, 0.15) is 0 Å². The number of carbonyl (C=O) groups is 1. The maximum atomic E-state index is 11.2. The maximum Gasteiger partial charge on any atom is 0.214 e. The van der Waals surface area contributed by atoms with Crippen molar-refractivity contribution in [1.29, 1.82) is 0 Å². The van der Waals surface area contributed by atoms with Crippen molar-refractivity contribution in [1.82, 2.24) is 4.90 Å². The second-order valence-electron chi connectivity index (χ2n) is 6.01. The molecule has 0 saturated carbocycles. The van der Waals surface area contributed by atoms with E-state index in [1.54, 1.807) is 0 Å². The Balaban J connectivity index is 1.49. The molecule has 120 valence electrons. The Hall–Kier alpha value is -1.20. The van der Waals surface area contributed by atoms with Gasteiger partial charge in [0.25, 0.3) is 0 Å². The van der Waals surface area contributed by atoms with Gasteiger partial charge in [-0.05, 0) is 57.1 Å². The first-order valence-corrected chi connectivity index (χ1v) is 9.30. The molecule has 2 heterocycles. The lowest BCUT2D eigenvalue weighted by Gasteiger charge is -2.27. The fourth-order valence-electron chi connectivity index (χ4n) is 3.18. The molecule has 1 fully saturated rings. The van der Waals surface area contributed by atoms with Gasteiger partial charge in [-0.15, -0.1) is 11.8 Å². The van der Waals surface area contributed by atoms with E-state index in [-0.39, 0.29) is 0 Å². The molecule has 4 nitrogen and oxygen atoms in total. The molecule has 0 aromatic heterocycles. The highest BCUT2D eigenvalue weighted by atomic mass is 32.2. The van der Waals surface area contributed by atoms with Crippen molar-refractivity contribution < 1.29 is 4.79 Å². The summed E-state index contributed by atoms with van der Waals surface area (Å²) in [5.41, 5.74) is 2.17. The van der Waals surface area contributed by atoms with Crippen molar-refractivity contribution >= 4 is 29.5 Å². The summed E-state index contributed by atoms with van der Waals surface area (Å²) in [6.07, 6.45) is 6.23. The third kappa shape index (κ3) is 3.96. The van der Waals surface area contributed by atoms with Gasteiger partial charge in [-0.3, -0.25) is 4.79 Å². The number of hydrogen-bond donors (Lipinski definition) is 1. The van der Waals surface area contributed by atoms with Crippen LogP contribution < -0.4 is 10.2 Å². The second-order valence-corrected chi connectivity index (χ2v) is 7.15. The number of nitrogens with one attached hydrogen (secondary N) is 1. The number of benzene rings is 1. The Morgan fingerprint density at radius 3 is 2.86 bits per heavy atom. The van der Waals surface area contributed by atoms with Crippen LogP contribution in [0.3, 0.4) is 0 Å². The number of amides is 1. The maximum absolute atomic E-state index is 11.2. The third-order valence-electron chi connectivity index (χ3n) is 4.41. The number of fused-ring (bicyclic) bond motifs is 1. The van der Waals surface area contributed by atoms with Crippen molar-refractivity contribution in [3.8, 4) is 0 Å². The Bertz CT molecular complexity index is 503. The summed E-state index contributed by atoms with van der Waals surface area (Å²) in [5, 5.41) is 3.50. The van der Waals surface area contributed by atoms with Crippen LogP contribution in [-0.2, 0) is 4.79 Å². The van der Waals surface area contributed by atoms with E-state index in [1.165, 1.54) is 50.2 Å². The van der Waals surface area contributed by atoms with E-state index in [2.05, 4.69) is 28.4 Å². The largest absolute Gasteiger partial charge is 0.385 e. The minimum Gasteiger partial charge on any atom is -0.385 e. The SMILES string of the molecule is O=CN1CCSc2ccc(NCCCN3CCCCC3)cc21. The number of nitrogens with zero attached hydrogens (tertiary/aromatic N) is 2. The van der Waals surface area contributed by atoms with Crippen LogP contribution in [0.2, 0.25) is 0 Å². The van der Waals surface area contributed by atoms with Crippen LogP contribution >= 0.6 is 11.8 Å². The molecule has 0 bridgehead atoms. The topological polar surface area (TPSA) is 35.6 Å². The van der Waals surface area contributed by atoms with Crippen LogP contribution in [0, 0.1) is 0 Å². The van der Waals surface area contributed by atoms with Crippen LogP contribution in [0.15, 0.2) is 23.1 Å². The molecule has 1 aromatic carbocycles. The molecule has 1 aromatic rings. The zero-order valence-corrected chi connectivity index (χ0v) is 13.9. The molecule has 1 N–H and O–H groups in total. The van der Waals surface area contributed by atoms with E-state index >= 15 is 0 Å². The van der Waals surface area contributed by atoms with Gasteiger partial charge in [-0.1, -0.05) is 6.42 Å². The van der Waals surface area contributed by atoms with Gasteiger partial charge >= 0.3 is 0 Å². The summed E-state index contributed by atoms with van der Waals surface area (Å²) < 4.78 is 0. The molecule has 0 radical (unpaired) electrons. The molecule has 1 saturated heterocycles. The lowest BCUT2D eigenvalue weighted by atomic mass is 10.1. The molecule has 2 aliphatic heterocycles. The summed E-state index contributed by atoms with van der Waals surface area (Å²) in [5.74, 6) is 0.981. The van der Waals surface area contributed by atoms with E-state index < -0.39 is 0 Å². The first kappa shape index (κ1) is 15.7. The zero-order valence-electron chi connectivity index (χ0n) is 13.1. The molecule has 1 amide bonds. The predicted molar refractivity (Wildman–Crippen MR) is 94.0 cm³/mol. The van der Waals surface area contributed by atoms with Crippen molar-refractivity contribution in [3.05, 3.63) is 18.2 Å². The second kappa shape index (κ2) is 7.88. The minimum absolute atomic E-state index is 0.805. The zero-order chi connectivity index (χ0) is 15.2. The number of rotatable bonds is 6. The molecule has 2 aliphatic rings. The van der Waals surface area contributed by atoms with Crippen LogP contribution in [0.4, 0.5) is 11.4 Å². The summed E-state index contributed by atoms with van der Waals surface area (Å²) in [6, 6.07) is 6.36. The Morgan fingerprint density at radius 2 is 2.05 bits per heavy atom. The highest BCUT2D eigenvalue weighted by Gasteiger charge is 2.17. The number of thioether (sulfide) groups is 1. The fourth-order valence-corrected chi connectivity index (χ4v) is 4.17. The van der Waals surface area contributed by atoms with Crippen LogP contribution in [-0.4, -0.2) is 49.8 Å². The molecular weight excluding hydrogens is 294 g/mol. The number of anilines is 2. The van der Waals surface area contributed by atoms with Gasteiger partial charge in [-0.25, -0.2) is 0 Å². The number of carbonyl (C=O) groups excluding carboxylic acids is 1. The van der Waals surface area contributed by atoms with Gasteiger partial charge in [0.2, 0.25) is 6.41 Å². The summed E-state index contributed by atoms with van der Waals surface area (Å²) in [7, 11) is 0. The van der Waals surface area contributed by atoms with E-state index in [4.69, 9.17) is 0 Å². The lowest BCUT2D eigenvalue weighted by Crippen LogP contribution is -2.31. The quantitative estimate of drug-likeness (QED) is 0.646. The highest BCUT2D eigenvalue weighted by Crippen LogP contribution is 2.35. The lowest BCUT2D eigenvalue weighted by molar-refractivity contribution is -0.107. The smallest absolute Gasteiger partial charge is 0.214 e. The van der Waals surface area contributed by atoms with Gasteiger partial charge in [0, 0.05) is 29.4 Å². The van der Waals surface area contributed by atoms with Crippen LogP contribution in [0.25, 0.3) is 0 Å². The van der Waals surface area contributed by atoms with E-state index in [1.807, 2.05) is 16.7 Å². The Kier molecular flexibility index (Phi) is 5.62. The average Bonchev–Trinajstić information content (AvgIpc) is 2.59. The number of likely N-dealkylation sites (tertiary alicyclic amines) is 1. The number of hydrogen-bond acceptors (Lipinski definition) is 4. The van der Waals surface area contributed by atoms with Gasteiger partial charge < -0.3 is 15.1 Å². The highest BCUT2D eigenvalue weighted by molar-refractivity contribution is 7.99. The molecule has 3 rings (SSSR count). The Labute approximate surface area is 137 Å². The molecule has 0 unspecified atom stereocenters. The standard InChI is InChI=1S/C17H25N3OS/c21-14-20-11-12-22-17-6-5-15(13-16(17)20)18-7-4-10-19-8-2-1-3-9-19/h5-6,13-14,18H,1-4,7-12H2. The van der Waals surface area contributed by atoms with E-state index in [0.29, 0.717) is 0 Å². The minimum atomic E-state index is 0.805. The van der Waals surface area contributed by atoms with Crippen molar-refractivity contribution in [2.45, 2.75) is 30.6 Å². The fraction of sp³-hybridized carbons (Fsp3) is 0.588. The first-order chi connectivity index (χ1) is 10.9. The van der Waals surface area contributed by atoms with Gasteiger partial charge in [0.15, 0.2) is 0 Å². The van der Waals surface area contributed by atoms with Gasteiger partial charge in [0.05, 0.1) is 5.69 Å². The van der Waals surface area contributed by atoms with E-state index in [9.17, 15) is 4.79 Å². The molecule has 0 aliphatic carbocycles. The van der Waals surface area contributed by atoms with Crippen LogP contribution in [0.5, 0.6) is 0 Å². The van der Waals surface area contributed by atoms with Crippen molar-refractivity contribution in [3.63, 3.8) is 0 Å². The number of piperidine rings is 1. The predicted octanol–water partition coefficient (Wildman–Crippen LogP) is 3.04. The summed E-state index contributed by atoms with van der Waals surface area (Å²) in [4.78, 5) is 16.7. The average molecular weight is 319 g/mol. The first-order valence-electron chi connectivity index (χ1n) is 8.32. The van der Waals surface area contributed by atoms with Crippen molar-refractivity contribution in [2.24, 2.45) is 0 Å². The molecular formula is C17H25N3OS. The monoisotopic (exact) mass is 319 g/mol. The normalized spacial score (nSPS) is 18.8.